The Hall–Kier alpha value is -1.97. The van der Waals surface area contributed by atoms with Crippen molar-refractivity contribution in [2.24, 2.45) is 5.92 Å². The van der Waals surface area contributed by atoms with Gasteiger partial charge in [-0.2, -0.15) is 0 Å². The van der Waals surface area contributed by atoms with Gasteiger partial charge in [-0.25, -0.2) is 4.79 Å². The van der Waals surface area contributed by atoms with Gasteiger partial charge < -0.3 is 10.1 Å². The van der Waals surface area contributed by atoms with Crippen molar-refractivity contribution in [3.05, 3.63) is 41.3 Å². The summed E-state index contributed by atoms with van der Waals surface area (Å²) >= 11 is 0. The molecule has 4 heteroatoms. The van der Waals surface area contributed by atoms with E-state index in [0.29, 0.717) is 0 Å². The van der Waals surface area contributed by atoms with E-state index >= 15 is 0 Å². The lowest BCUT2D eigenvalue weighted by molar-refractivity contribution is 0.149. The van der Waals surface area contributed by atoms with Gasteiger partial charge in [0, 0.05) is 11.6 Å². The number of allylic oxidation sites excluding steroid dienone is 1. The molecule has 1 heterocycles. The maximum atomic E-state index is 12.2. The number of urea groups is 1. The van der Waals surface area contributed by atoms with Crippen LogP contribution in [0.4, 0.5) is 10.5 Å². The van der Waals surface area contributed by atoms with Crippen LogP contribution in [-0.2, 0) is 4.74 Å². The Morgan fingerprint density at radius 1 is 1.32 bits per heavy atom. The van der Waals surface area contributed by atoms with Crippen LogP contribution in [0.25, 0.3) is 0 Å². The highest BCUT2D eigenvalue weighted by Gasteiger charge is 2.22. The number of rotatable bonds is 2. The minimum Gasteiger partial charge on any atom is -0.475 e. The smallest absolute Gasteiger partial charge is 0.328 e. The Morgan fingerprint density at radius 3 is 2.47 bits per heavy atom. The predicted octanol–water partition coefficient (Wildman–Crippen LogP) is 3.62. The van der Waals surface area contributed by atoms with Crippen LogP contribution >= 0.6 is 0 Å². The molecule has 1 aliphatic rings. The quantitative estimate of drug-likeness (QED) is 0.882. The van der Waals surface area contributed by atoms with Crippen LogP contribution in [0.3, 0.4) is 0 Å². The molecule has 0 fully saturated rings. The molecule has 0 unspecified atom stereocenters. The van der Waals surface area contributed by atoms with Crippen LogP contribution in [0.15, 0.2) is 30.2 Å². The molecule has 1 aliphatic heterocycles. The van der Waals surface area contributed by atoms with Gasteiger partial charge in [-0.15, -0.1) is 0 Å². The number of amides is 2. The molecular formula is C15H20N2O2. The van der Waals surface area contributed by atoms with Gasteiger partial charge >= 0.3 is 6.03 Å². The number of ether oxygens (including phenoxy) is 1. The fraction of sp³-hybridized carbons (Fsp3) is 0.400. The van der Waals surface area contributed by atoms with Gasteiger partial charge in [-0.1, -0.05) is 32.0 Å². The molecule has 1 aromatic rings. The van der Waals surface area contributed by atoms with E-state index < -0.39 is 0 Å². The summed E-state index contributed by atoms with van der Waals surface area (Å²) in [5.74, 6) is 1.13. The zero-order valence-electron chi connectivity index (χ0n) is 11.9. The summed E-state index contributed by atoms with van der Waals surface area (Å²) in [6.07, 6.45) is 1.77. The molecule has 0 saturated heterocycles. The topological polar surface area (TPSA) is 41.6 Å². The SMILES string of the molecule is Cc1cccc(C)c1NC(=O)N1C=C(C(C)C)OC1. The second-order valence-corrected chi connectivity index (χ2v) is 5.13. The van der Waals surface area contributed by atoms with Gasteiger partial charge in [0.05, 0.1) is 6.20 Å². The molecule has 102 valence electrons. The van der Waals surface area contributed by atoms with Crippen molar-refractivity contribution in [2.75, 3.05) is 12.0 Å². The van der Waals surface area contributed by atoms with E-state index in [2.05, 4.69) is 5.32 Å². The summed E-state index contributed by atoms with van der Waals surface area (Å²) in [6, 6.07) is 5.79. The average molecular weight is 260 g/mol. The molecule has 2 rings (SSSR count). The third-order valence-electron chi connectivity index (χ3n) is 3.20. The lowest BCUT2D eigenvalue weighted by Gasteiger charge is -2.16. The van der Waals surface area contributed by atoms with Crippen LogP contribution in [0, 0.1) is 19.8 Å². The maximum Gasteiger partial charge on any atom is 0.328 e. The minimum atomic E-state index is -0.159. The van der Waals surface area contributed by atoms with E-state index in [-0.39, 0.29) is 18.7 Å². The Morgan fingerprint density at radius 2 is 1.95 bits per heavy atom. The van der Waals surface area contributed by atoms with Crippen LogP contribution in [-0.4, -0.2) is 17.7 Å². The van der Waals surface area contributed by atoms with Crippen molar-refractivity contribution in [3.8, 4) is 0 Å². The number of aryl methyl sites for hydroxylation is 2. The van der Waals surface area contributed by atoms with Gasteiger partial charge in [0.2, 0.25) is 0 Å². The van der Waals surface area contributed by atoms with Gasteiger partial charge in [-0.05, 0) is 25.0 Å². The Labute approximate surface area is 114 Å². The van der Waals surface area contributed by atoms with E-state index in [1.807, 2.05) is 45.9 Å². The fourth-order valence-electron chi connectivity index (χ4n) is 2.00. The number of nitrogens with zero attached hydrogens (tertiary/aromatic N) is 1. The Bertz CT molecular complexity index is 501. The van der Waals surface area contributed by atoms with Crippen LogP contribution in [0.5, 0.6) is 0 Å². The van der Waals surface area contributed by atoms with Crippen LogP contribution in [0.2, 0.25) is 0 Å². The number of anilines is 1. The summed E-state index contributed by atoms with van der Waals surface area (Å²) in [6.45, 7) is 8.33. The summed E-state index contributed by atoms with van der Waals surface area (Å²) in [7, 11) is 0. The molecule has 19 heavy (non-hydrogen) atoms. The number of hydrogen-bond donors (Lipinski definition) is 1. The third-order valence-corrected chi connectivity index (χ3v) is 3.20. The highest BCUT2D eigenvalue weighted by atomic mass is 16.5. The van der Waals surface area contributed by atoms with Crippen molar-refractivity contribution in [1.29, 1.82) is 0 Å². The lowest BCUT2D eigenvalue weighted by atomic mass is 10.1. The molecule has 1 aromatic carbocycles. The van der Waals surface area contributed by atoms with Gasteiger partial charge in [0.1, 0.15) is 5.76 Å². The first-order valence-corrected chi connectivity index (χ1v) is 6.47. The number of para-hydroxylation sites is 1. The van der Waals surface area contributed by atoms with Crippen molar-refractivity contribution in [2.45, 2.75) is 27.7 Å². The van der Waals surface area contributed by atoms with Crippen LogP contribution in [0.1, 0.15) is 25.0 Å². The summed E-state index contributed by atoms with van der Waals surface area (Å²) < 4.78 is 5.47. The van der Waals surface area contributed by atoms with Gasteiger partial charge in [0.25, 0.3) is 0 Å². The largest absolute Gasteiger partial charge is 0.475 e. The van der Waals surface area contributed by atoms with Gasteiger partial charge in [-0.3, -0.25) is 4.90 Å². The zero-order chi connectivity index (χ0) is 14.0. The first-order valence-electron chi connectivity index (χ1n) is 6.47. The molecule has 2 amide bonds. The third kappa shape index (κ3) is 2.89. The van der Waals surface area contributed by atoms with Gasteiger partial charge in [0.15, 0.2) is 6.73 Å². The first kappa shape index (κ1) is 13.5. The van der Waals surface area contributed by atoms with Crippen molar-refractivity contribution < 1.29 is 9.53 Å². The second kappa shape index (κ2) is 5.34. The number of hydrogen-bond acceptors (Lipinski definition) is 2. The molecule has 0 spiro atoms. The summed E-state index contributed by atoms with van der Waals surface area (Å²) in [5, 5.41) is 2.94. The number of carbonyl (C=O) groups is 1. The monoisotopic (exact) mass is 260 g/mol. The van der Waals surface area contributed by atoms with E-state index in [4.69, 9.17) is 4.74 Å². The number of carbonyl (C=O) groups excluding carboxylic acids is 1. The fourth-order valence-corrected chi connectivity index (χ4v) is 2.00. The van der Waals surface area contributed by atoms with Crippen molar-refractivity contribution in [3.63, 3.8) is 0 Å². The Kier molecular flexibility index (Phi) is 3.79. The number of nitrogens with one attached hydrogen (secondary N) is 1. The normalized spacial score (nSPS) is 14.4. The minimum absolute atomic E-state index is 0.159. The van der Waals surface area contributed by atoms with E-state index in [1.165, 1.54) is 0 Å². The molecule has 0 radical (unpaired) electrons. The second-order valence-electron chi connectivity index (χ2n) is 5.13. The standard InChI is InChI=1S/C15H20N2O2/c1-10(2)13-8-17(9-19-13)15(18)16-14-11(3)6-5-7-12(14)4/h5-8,10H,9H2,1-4H3,(H,16,18). The molecular weight excluding hydrogens is 240 g/mol. The molecule has 0 aromatic heterocycles. The molecule has 1 N–H and O–H groups in total. The molecule has 0 aliphatic carbocycles. The highest BCUT2D eigenvalue weighted by Crippen LogP contribution is 2.22. The summed E-state index contributed by atoms with van der Waals surface area (Å²) in [4.78, 5) is 13.7. The van der Waals surface area contributed by atoms with E-state index in [0.717, 1.165) is 22.6 Å². The molecule has 0 atom stereocenters. The van der Waals surface area contributed by atoms with E-state index in [9.17, 15) is 4.79 Å². The van der Waals surface area contributed by atoms with Crippen molar-refractivity contribution in [1.82, 2.24) is 4.90 Å². The summed E-state index contributed by atoms with van der Waals surface area (Å²) in [5.41, 5.74) is 2.99. The van der Waals surface area contributed by atoms with Crippen LogP contribution < -0.4 is 5.32 Å². The van der Waals surface area contributed by atoms with E-state index in [1.54, 1.807) is 11.1 Å². The molecule has 0 saturated carbocycles. The molecule has 4 nitrogen and oxygen atoms in total. The number of benzene rings is 1. The molecule has 0 bridgehead atoms. The lowest BCUT2D eigenvalue weighted by Crippen LogP contribution is -2.29. The Balaban J connectivity index is 2.11. The highest BCUT2D eigenvalue weighted by molar-refractivity contribution is 5.91. The average Bonchev–Trinajstić information content (AvgIpc) is 2.83. The first-order chi connectivity index (χ1) is 8.99. The zero-order valence-corrected chi connectivity index (χ0v) is 11.9. The maximum absolute atomic E-state index is 12.2. The predicted molar refractivity (Wildman–Crippen MR) is 75.6 cm³/mol. The van der Waals surface area contributed by atoms with Crippen molar-refractivity contribution >= 4 is 11.7 Å².